The van der Waals surface area contributed by atoms with Gasteiger partial charge in [0.15, 0.2) is 0 Å². The maximum Gasteiger partial charge on any atom is 3.00 e. The van der Waals surface area contributed by atoms with Crippen LogP contribution in [0.15, 0.2) is 0 Å². The van der Waals surface area contributed by atoms with Gasteiger partial charge in [-0.1, -0.05) is 0 Å². The van der Waals surface area contributed by atoms with Crippen LogP contribution in [0.1, 0.15) is 19.8 Å². The Morgan fingerprint density at radius 2 is 1.30 bits per heavy atom. The molecule has 0 bridgehead atoms. The maximum absolute atomic E-state index is 2.22. The molecule has 0 radical (unpaired) electrons. The van der Waals surface area contributed by atoms with Crippen LogP contribution in [0.25, 0.3) is 0 Å². The molecule has 0 amide bonds. The molecule has 0 aliphatic heterocycles. The third kappa shape index (κ3) is 47.1. The van der Waals surface area contributed by atoms with E-state index in [9.17, 15) is 0 Å². The summed E-state index contributed by atoms with van der Waals surface area (Å²) >= 11 is 2.05. The first-order chi connectivity index (χ1) is 2.41. The van der Waals surface area contributed by atoms with Gasteiger partial charge in [-0.3, -0.25) is 0 Å². The summed E-state index contributed by atoms with van der Waals surface area (Å²) < 4.78 is 1.37. The Kier molecular flexibility index (Phi) is 165. The summed E-state index contributed by atoms with van der Waals surface area (Å²) in [5, 5.41) is 0. The average molecular weight is 250 g/mol. The minimum atomic E-state index is 0. The molecule has 0 aromatic carbocycles. The Balaban J connectivity index is -0.00000000800. The Morgan fingerprint density at radius 3 is 1.30 bits per heavy atom. The van der Waals surface area contributed by atoms with Crippen LogP contribution in [0, 0.1) is 0 Å². The zero-order valence-electron chi connectivity index (χ0n) is 5.92. The van der Waals surface area contributed by atoms with Crippen molar-refractivity contribution in [2.45, 2.75) is 24.3 Å². The first kappa shape index (κ1) is 39.2. The topological polar surface area (TPSA) is 0 Å². The SMILES string of the molecule is CCC[CH2][Mg+].[Al+3].[Cl-].[Cl-].[Cl-].[Cl-]. The fraction of sp³-hybridized carbons (Fsp3) is 1.00. The quantitative estimate of drug-likeness (QED) is 0.427. The summed E-state index contributed by atoms with van der Waals surface area (Å²) in [7, 11) is 0. The van der Waals surface area contributed by atoms with E-state index >= 15 is 0 Å². The number of rotatable bonds is 2. The van der Waals surface area contributed by atoms with Crippen molar-refractivity contribution in [3.8, 4) is 0 Å². The van der Waals surface area contributed by atoms with Crippen molar-refractivity contribution in [1.29, 1.82) is 0 Å². The van der Waals surface area contributed by atoms with E-state index < -0.39 is 0 Å². The van der Waals surface area contributed by atoms with Crippen LogP contribution in [-0.4, -0.2) is 39.1 Å². The molecule has 0 aromatic heterocycles. The van der Waals surface area contributed by atoms with Gasteiger partial charge >= 0.3 is 63.4 Å². The molecule has 10 heavy (non-hydrogen) atoms. The number of hydrogen-bond acceptors (Lipinski definition) is 0. The van der Waals surface area contributed by atoms with Crippen molar-refractivity contribution in [2.24, 2.45) is 0 Å². The van der Waals surface area contributed by atoms with Crippen molar-refractivity contribution in [3.63, 3.8) is 0 Å². The van der Waals surface area contributed by atoms with E-state index in [1.807, 2.05) is 21.7 Å². The molecule has 6 heteroatoms. The summed E-state index contributed by atoms with van der Waals surface area (Å²) in [6, 6.07) is 0. The Bertz CT molecular complexity index is 24.7. The van der Waals surface area contributed by atoms with Gasteiger partial charge in [0, 0.05) is 0 Å². The number of halogens is 4. The molecule has 0 saturated carbocycles. The van der Waals surface area contributed by atoms with E-state index in [0.29, 0.717) is 0 Å². The fourth-order valence-corrected chi connectivity index (χ4v) is 0.750. The third-order valence-corrected chi connectivity index (χ3v) is 1.10. The minimum Gasteiger partial charge on any atom is -1.00 e. The first-order valence-electron chi connectivity index (χ1n) is 2.21. The van der Waals surface area contributed by atoms with Gasteiger partial charge in [-0.25, -0.2) is 0 Å². The normalized spacial score (nSPS) is 4.30. The molecule has 58 valence electrons. The van der Waals surface area contributed by atoms with Crippen molar-refractivity contribution in [3.05, 3.63) is 0 Å². The predicted octanol–water partition coefficient (Wildman–Crippen LogP) is -11.0. The molecule has 0 nitrogen and oxygen atoms in total. The van der Waals surface area contributed by atoms with Crippen LogP contribution < -0.4 is 49.6 Å². The Labute approximate surface area is 112 Å². The van der Waals surface area contributed by atoms with Gasteiger partial charge in [0.2, 0.25) is 0 Å². The van der Waals surface area contributed by atoms with E-state index in [4.69, 9.17) is 0 Å². The molecule has 0 spiro atoms. The van der Waals surface area contributed by atoms with Gasteiger partial charge in [-0.2, -0.15) is 0 Å². The van der Waals surface area contributed by atoms with Gasteiger partial charge in [-0.15, -0.1) is 0 Å². The molecular formula is C4H9AlCl4Mg. The van der Waals surface area contributed by atoms with Gasteiger partial charge in [0.1, 0.15) is 0 Å². The number of hydrogen-bond donors (Lipinski definition) is 0. The van der Waals surface area contributed by atoms with Crippen LogP contribution in [0.4, 0.5) is 0 Å². The van der Waals surface area contributed by atoms with E-state index in [-0.39, 0.29) is 67.0 Å². The van der Waals surface area contributed by atoms with Gasteiger partial charge in [-0.05, 0) is 0 Å². The molecule has 0 unspecified atom stereocenters. The zero-order valence-corrected chi connectivity index (χ0v) is 11.5. The standard InChI is InChI=1S/C4H9.Al.4ClH.Mg/c1-3-4-2;;;;;;/h1,3-4H2,2H3;;4*1H;/q;+3;;;;;+1/p-4. The average Bonchev–Trinajstić information content (AvgIpc) is 1.41. The van der Waals surface area contributed by atoms with Crippen LogP contribution >= 0.6 is 0 Å². The summed E-state index contributed by atoms with van der Waals surface area (Å²) in [5.74, 6) is 0. The molecule has 0 N–H and O–H groups in total. The van der Waals surface area contributed by atoms with Crippen molar-refractivity contribution in [1.82, 2.24) is 0 Å². The summed E-state index contributed by atoms with van der Waals surface area (Å²) in [4.78, 5) is 0. The third-order valence-electron chi connectivity index (χ3n) is 0.604. The Morgan fingerprint density at radius 1 is 1.00 bits per heavy atom. The smallest absolute Gasteiger partial charge is 1.00 e. The van der Waals surface area contributed by atoms with Crippen LogP contribution in [0.3, 0.4) is 0 Å². The molecule has 0 saturated heterocycles. The van der Waals surface area contributed by atoms with Crippen LogP contribution in [0.2, 0.25) is 4.55 Å². The number of unbranched alkanes of at least 4 members (excludes halogenated alkanes) is 1. The largest absolute Gasteiger partial charge is 3.00 e. The Hall–Kier alpha value is 2.46. The van der Waals surface area contributed by atoms with Crippen molar-refractivity contribution < 1.29 is 49.6 Å². The fourth-order valence-electron chi connectivity index (χ4n) is 0.250. The van der Waals surface area contributed by atoms with E-state index in [2.05, 4.69) is 6.92 Å². The zero-order chi connectivity index (χ0) is 4.12. The monoisotopic (exact) mass is 248 g/mol. The maximum atomic E-state index is 2.22. The van der Waals surface area contributed by atoms with Crippen molar-refractivity contribution >= 4 is 39.1 Å². The minimum absolute atomic E-state index is 0. The van der Waals surface area contributed by atoms with Crippen molar-refractivity contribution in [2.75, 3.05) is 0 Å². The van der Waals surface area contributed by atoms with E-state index in [1.165, 1.54) is 17.4 Å². The van der Waals surface area contributed by atoms with E-state index in [0.717, 1.165) is 0 Å². The van der Waals surface area contributed by atoms with Crippen LogP contribution in [0.5, 0.6) is 0 Å². The van der Waals surface area contributed by atoms with Gasteiger partial charge < -0.3 is 49.6 Å². The van der Waals surface area contributed by atoms with Gasteiger partial charge in [0.25, 0.3) is 0 Å². The molecule has 0 fully saturated rings. The molecule has 0 aliphatic rings. The second-order valence-electron chi connectivity index (χ2n) is 1.21. The summed E-state index contributed by atoms with van der Waals surface area (Å²) in [5.41, 5.74) is 0. The van der Waals surface area contributed by atoms with Crippen LogP contribution in [-0.2, 0) is 0 Å². The molecular weight excluding hydrogens is 241 g/mol. The predicted molar refractivity (Wildman–Crippen MR) is 31.2 cm³/mol. The molecule has 0 heterocycles. The molecule has 0 aliphatic carbocycles. The van der Waals surface area contributed by atoms with E-state index in [1.54, 1.807) is 0 Å². The molecule has 0 atom stereocenters. The summed E-state index contributed by atoms with van der Waals surface area (Å²) in [6.07, 6.45) is 2.75. The second kappa shape index (κ2) is 42.1. The summed E-state index contributed by atoms with van der Waals surface area (Å²) in [6.45, 7) is 2.22. The molecule has 0 rings (SSSR count). The molecule has 0 aromatic rings. The second-order valence-corrected chi connectivity index (χ2v) is 1.91. The van der Waals surface area contributed by atoms with Gasteiger partial charge in [0.05, 0.1) is 0 Å². The first-order valence-corrected chi connectivity index (χ1v) is 3.21.